The largest absolute Gasteiger partial charge is 0.497 e. The van der Waals surface area contributed by atoms with Crippen molar-refractivity contribution in [1.82, 2.24) is 20.0 Å². The molecule has 0 aliphatic carbocycles. The molecule has 4 rings (SSSR count). The van der Waals surface area contributed by atoms with E-state index in [0.29, 0.717) is 28.6 Å². The lowest BCUT2D eigenvalue weighted by Crippen LogP contribution is -2.34. The van der Waals surface area contributed by atoms with Crippen molar-refractivity contribution < 1.29 is 18.5 Å². The Kier molecular flexibility index (Phi) is 5.89. The van der Waals surface area contributed by atoms with Crippen molar-refractivity contribution in [2.45, 2.75) is 26.9 Å². The topological polar surface area (TPSA) is 112 Å². The van der Waals surface area contributed by atoms with Crippen molar-refractivity contribution in [3.8, 4) is 28.6 Å². The van der Waals surface area contributed by atoms with Crippen LogP contribution in [0.15, 0.2) is 62.5 Å². The van der Waals surface area contributed by atoms with Crippen molar-refractivity contribution in [2.75, 3.05) is 7.11 Å². The molecule has 0 atom stereocenters. The number of nitrogens with one attached hydrogen (secondary N) is 1. The summed E-state index contributed by atoms with van der Waals surface area (Å²) in [5.74, 6) is 1.47. The molecule has 0 unspecified atom stereocenters. The number of benzene rings is 1. The molecule has 3 aromatic heterocycles. The summed E-state index contributed by atoms with van der Waals surface area (Å²) in [6.07, 6.45) is 1.53. The fraction of sp³-hybridized carbons (Fsp3) is 0.217. The van der Waals surface area contributed by atoms with Gasteiger partial charge in [0.15, 0.2) is 0 Å². The number of furan rings is 1. The zero-order chi connectivity index (χ0) is 22.7. The van der Waals surface area contributed by atoms with Crippen LogP contribution in [0.4, 0.5) is 0 Å². The number of rotatable bonds is 7. The van der Waals surface area contributed by atoms with Crippen molar-refractivity contribution >= 4 is 5.91 Å². The third kappa shape index (κ3) is 4.31. The van der Waals surface area contributed by atoms with Gasteiger partial charge in [0.1, 0.15) is 23.6 Å². The third-order valence-corrected chi connectivity index (χ3v) is 5.03. The summed E-state index contributed by atoms with van der Waals surface area (Å²) in [7, 11) is 1.59. The highest BCUT2D eigenvalue weighted by Gasteiger charge is 2.20. The Labute approximate surface area is 183 Å². The number of nitrogens with zero attached hydrogens (tertiary/aromatic N) is 3. The van der Waals surface area contributed by atoms with Crippen LogP contribution in [0.5, 0.6) is 5.75 Å². The van der Waals surface area contributed by atoms with Crippen LogP contribution < -0.4 is 15.6 Å². The second-order valence-corrected chi connectivity index (χ2v) is 7.24. The normalized spacial score (nSPS) is 10.8. The molecular formula is C23H22N4O5. The SMILES string of the molecule is COc1ccc(-c2noc(-c3c(C)cc(C)n(CC(=O)NCc4ccco4)c3=O)n2)cc1. The summed E-state index contributed by atoms with van der Waals surface area (Å²) in [5.41, 5.74) is 1.95. The maximum Gasteiger partial charge on any atom is 0.264 e. The Hall–Kier alpha value is -4.14. The van der Waals surface area contributed by atoms with Gasteiger partial charge in [-0.2, -0.15) is 4.98 Å². The van der Waals surface area contributed by atoms with E-state index in [2.05, 4.69) is 15.5 Å². The minimum absolute atomic E-state index is 0.100. The first-order valence-corrected chi connectivity index (χ1v) is 9.95. The predicted octanol–water partition coefficient (Wildman–Crippen LogP) is 3.10. The van der Waals surface area contributed by atoms with Crippen LogP contribution >= 0.6 is 0 Å². The van der Waals surface area contributed by atoms with Gasteiger partial charge < -0.3 is 23.6 Å². The molecule has 0 aliphatic rings. The summed E-state index contributed by atoms with van der Waals surface area (Å²) in [6, 6.07) is 12.5. The molecule has 1 N–H and O–H groups in total. The van der Waals surface area contributed by atoms with Crippen LogP contribution in [-0.2, 0) is 17.9 Å². The molecule has 0 spiro atoms. The van der Waals surface area contributed by atoms with E-state index in [4.69, 9.17) is 13.7 Å². The molecule has 9 heteroatoms. The van der Waals surface area contributed by atoms with Gasteiger partial charge in [-0.15, -0.1) is 0 Å². The lowest BCUT2D eigenvalue weighted by molar-refractivity contribution is -0.122. The predicted molar refractivity (Wildman–Crippen MR) is 116 cm³/mol. The number of aromatic nitrogens is 3. The fourth-order valence-corrected chi connectivity index (χ4v) is 3.36. The summed E-state index contributed by atoms with van der Waals surface area (Å²) < 4.78 is 17.2. The Bertz CT molecular complexity index is 1290. The van der Waals surface area contributed by atoms with Crippen LogP contribution in [0.3, 0.4) is 0 Å². The number of carbonyl (C=O) groups excluding carboxylic acids is 1. The van der Waals surface area contributed by atoms with Gasteiger partial charge in [0.05, 0.1) is 19.9 Å². The highest BCUT2D eigenvalue weighted by molar-refractivity contribution is 5.76. The molecule has 3 heterocycles. The van der Waals surface area contributed by atoms with Crippen LogP contribution in [0, 0.1) is 13.8 Å². The van der Waals surface area contributed by atoms with Crippen molar-refractivity contribution in [2.24, 2.45) is 0 Å². The van der Waals surface area contributed by atoms with Crippen molar-refractivity contribution in [1.29, 1.82) is 0 Å². The highest BCUT2D eigenvalue weighted by Crippen LogP contribution is 2.24. The van der Waals surface area contributed by atoms with E-state index >= 15 is 0 Å². The zero-order valence-electron chi connectivity index (χ0n) is 17.9. The molecule has 4 aromatic rings. The maximum absolute atomic E-state index is 13.2. The van der Waals surface area contributed by atoms with Gasteiger partial charge >= 0.3 is 0 Å². The quantitative estimate of drug-likeness (QED) is 0.476. The molecule has 0 fully saturated rings. The van der Waals surface area contributed by atoms with Gasteiger partial charge in [-0.05, 0) is 61.9 Å². The molecule has 0 bridgehead atoms. The molecular weight excluding hydrogens is 412 g/mol. The average molecular weight is 434 g/mol. The number of methoxy groups -OCH3 is 1. The standard InChI is InChI=1S/C23H22N4O5/c1-14-11-15(2)27(13-19(28)24-12-18-5-4-10-31-18)23(29)20(14)22-25-21(26-32-22)16-6-8-17(30-3)9-7-16/h4-11H,12-13H2,1-3H3,(H,24,28). The lowest BCUT2D eigenvalue weighted by atomic mass is 10.1. The van der Waals surface area contributed by atoms with Gasteiger partial charge in [-0.1, -0.05) is 5.16 Å². The molecule has 0 saturated carbocycles. The molecule has 32 heavy (non-hydrogen) atoms. The van der Waals surface area contributed by atoms with Gasteiger partial charge in [0, 0.05) is 11.3 Å². The van der Waals surface area contributed by atoms with Gasteiger partial charge in [0.25, 0.3) is 11.4 Å². The Morgan fingerprint density at radius 1 is 1.19 bits per heavy atom. The van der Waals surface area contributed by atoms with Gasteiger partial charge in [-0.25, -0.2) is 0 Å². The second kappa shape index (κ2) is 8.93. The molecule has 9 nitrogen and oxygen atoms in total. The van der Waals surface area contributed by atoms with E-state index in [9.17, 15) is 9.59 Å². The number of hydrogen-bond donors (Lipinski definition) is 1. The monoisotopic (exact) mass is 434 g/mol. The molecule has 164 valence electrons. The van der Waals surface area contributed by atoms with Crippen molar-refractivity contribution in [3.63, 3.8) is 0 Å². The number of amides is 1. The van der Waals surface area contributed by atoms with Crippen LogP contribution in [0.25, 0.3) is 22.8 Å². The molecule has 0 radical (unpaired) electrons. The van der Waals surface area contributed by atoms with E-state index in [1.54, 1.807) is 57.4 Å². The van der Waals surface area contributed by atoms with E-state index in [1.807, 2.05) is 6.07 Å². The van der Waals surface area contributed by atoms with E-state index in [0.717, 1.165) is 5.56 Å². The third-order valence-electron chi connectivity index (χ3n) is 5.03. The van der Waals surface area contributed by atoms with Gasteiger partial charge in [-0.3, -0.25) is 9.59 Å². The number of pyridine rings is 1. The number of aryl methyl sites for hydroxylation is 2. The minimum atomic E-state index is -0.374. The number of carbonyl (C=O) groups is 1. The number of ether oxygens (including phenoxy) is 1. The second-order valence-electron chi connectivity index (χ2n) is 7.24. The van der Waals surface area contributed by atoms with E-state index < -0.39 is 0 Å². The first kappa shape index (κ1) is 21.1. The summed E-state index contributed by atoms with van der Waals surface area (Å²) in [6.45, 7) is 3.67. The minimum Gasteiger partial charge on any atom is -0.497 e. The first-order chi connectivity index (χ1) is 15.5. The smallest absolute Gasteiger partial charge is 0.264 e. The molecule has 0 aliphatic heterocycles. The van der Waals surface area contributed by atoms with Crippen LogP contribution in [0.2, 0.25) is 0 Å². The summed E-state index contributed by atoms with van der Waals surface area (Å²) in [5, 5.41) is 6.75. The Balaban J connectivity index is 1.60. The summed E-state index contributed by atoms with van der Waals surface area (Å²) >= 11 is 0. The fourth-order valence-electron chi connectivity index (χ4n) is 3.36. The maximum atomic E-state index is 13.2. The molecule has 1 aromatic carbocycles. The lowest BCUT2D eigenvalue weighted by Gasteiger charge is -2.12. The van der Waals surface area contributed by atoms with E-state index in [1.165, 1.54) is 10.8 Å². The Morgan fingerprint density at radius 2 is 1.97 bits per heavy atom. The van der Waals surface area contributed by atoms with E-state index in [-0.39, 0.29) is 36.0 Å². The molecule has 1 amide bonds. The van der Waals surface area contributed by atoms with Crippen LogP contribution in [0.1, 0.15) is 17.0 Å². The van der Waals surface area contributed by atoms with Gasteiger partial charge in [0.2, 0.25) is 11.7 Å². The first-order valence-electron chi connectivity index (χ1n) is 9.95. The molecule has 0 saturated heterocycles. The summed E-state index contributed by atoms with van der Waals surface area (Å²) in [4.78, 5) is 30.0. The Morgan fingerprint density at radius 3 is 2.66 bits per heavy atom. The van der Waals surface area contributed by atoms with Crippen LogP contribution in [-0.4, -0.2) is 27.7 Å². The zero-order valence-corrected chi connectivity index (χ0v) is 17.9. The average Bonchev–Trinajstić information content (AvgIpc) is 3.48. The highest BCUT2D eigenvalue weighted by atomic mass is 16.5. The van der Waals surface area contributed by atoms with Crippen molar-refractivity contribution in [3.05, 3.63) is 76.1 Å². The number of hydrogen-bond acceptors (Lipinski definition) is 7.